The molecule has 0 bridgehead atoms. The number of amides is 1. The zero-order valence-electron chi connectivity index (χ0n) is 25.5. The monoisotopic (exact) mass is 686 g/mol. The Bertz CT molecular complexity index is 1880. The van der Waals surface area contributed by atoms with Crippen molar-refractivity contribution in [2.24, 2.45) is 0 Å². The Morgan fingerprint density at radius 3 is 2.19 bits per heavy atom. The zero-order chi connectivity index (χ0) is 34.1. The lowest BCUT2D eigenvalue weighted by molar-refractivity contribution is -0.137. The summed E-state index contributed by atoms with van der Waals surface area (Å²) in [5.41, 5.74) is 0.745. The van der Waals surface area contributed by atoms with E-state index in [9.17, 15) is 35.2 Å². The number of carbonyl (C=O) groups excluding carboxylic acids is 1. The quantitative estimate of drug-likeness (QED) is 0.254. The summed E-state index contributed by atoms with van der Waals surface area (Å²) in [6.45, 7) is 1.77. The van der Waals surface area contributed by atoms with Crippen molar-refractivity contribution in [3.8, 4) is 11.3 Å². The molecule has 0 spiro atoms. The Morgan fingerprint density at radius 1 is 0.854 bits per heavy atom. The van der Waals surface area contributed by atoms with E-state index in [2.05, 4.69) is 15.3 Å². The van der Waals surface area contributed by atoms with Crippen molar-refractivity contribution in [2.75, 3.05) is 42.5 Å². The minimum Gasteiger partial charge on any atom is -0.366 e. The van der Waals surface area contributed by atoms with Crippen molar-refractivity contribution in [1.82, 2.24) is 19.6 Å². The summed E-state index contributed by atoms with van der Waals surface area (Å²) >= 11 is 0. The molecule has 15 heteroatoms. The smallest absolute Gasteiger partial charge is 0.366 e. The second-order valence-corrected chi connectivity index (χ2v) is 13.4. The molecule has 0 aliphatic carbocycles. The number of alkyl halides is 3. The Morgan fingerprint density at radius 2 is 1.52 bits per heavy atom. The van der Waals surface area contributed by atoms with Crippen LogP contribution in [0.25, 0.3) is 11.3 Å². The van der Waals surface area contributed by atoms with Gasteiger partial charge in [-0.05, 0) is 67.4 Å². The molecule has 252 valence electrons. The van der Waals surface area contributed by atoms with Crippen molar-refractivity contribution in [3.63, 3.8) is 0 Å². The van der Waals surface area contributed by atoms with Crippen LogP contribution >= 0.6 is 0 Å². The van der Waals surface area contributed by atoms with E-state index < -0.39 is 39.5 Å². The minimum absolute atomic E-state index is 0.113. The highest BCUT2D eigenvalue weighted by atomic mass is 32.2. The normalized spacial score (nSPS) is 17.5. The molecule has 0 radical (unpaired) electrons. The number of carbonyl (C=O) groups is 1. The van der Waals surface area contributed by atoms with Gasteiger partial charge in [-0.2, -0.15) is 17.5 Å². The number of rotatable bonds is 8. The van der Waals surface area contributed by atoms with Gasteiger partial charge >= 0.3 is 6.18 Å². The van der Waals surface area contributed by atoms with E-state index >= 15 is 0 Å². The third-order valence-electron chi connectivity index (χ3n) is 8.40. The fourth-order valence-electron chi connectivity index (χ4n) is 5.88. The number of anilines is 2. The molecule has 9 nitrogen and oxygen atoms in total. The largest absolute Gasteiger partial charge is 0.416 e. The third-order valence-corrected chi connectivity index (χ3v) is 10.3. The van der Waals surface area contributed by atoms with Crippen LogP contribution in [-0.2, 0) is 27.5 Å². The van der Waals surface area contributed by atoms with E-state index in [0.29, 0.717) is 55.2 Å². The van der Waals surface area contributed by atoms with Crippen molar-refractivity contribution in [3.05, 3.63) is 102 Å². The fraction of sp³-hybridized carbons (Fsp3) is 0.303. The average molecular weight is 687 g/mol. The summed E-state index contributed by atoms with van der Waals surface area (Å²) < 4.78 is 95.2. The van der Waals surface area contributed by atoms with E-state index in [1.165, 1.54) is 18.2 Å². The van der Waals surface area contributed by atoms with Crippen LogP contribution in [0, 0.1) is 11.6 Å². The predicted molar refractivity (Wildman–Crippen MR) is 168 cm³/mol. The van der Waals surface area contributed by atoms with Crippen LogP contribution in [0.4, 0.5) is 33.6 Å². The van der Waals surface area contributed by atoms with Gasteiger partial charge in [-0.25, -0.2) is 27.2 Å². The van der Waals surface area contributed by atoms with E-state index in [1.54, 1.807) is 24.3 Å². The molecule has 2 aliphatic rings. The van der Waals surface area contributed by atoms with Crippen LogP contribution < -0.4 is 15.1 Å². The summed E-state index contributed by atoms with van der Waals surface area (Å²) in [6, 6.07) is 15.9. The number of nitrogens with one attached hydrogen (secondary N) is 1. The van der Waals surface area contributed by atoms with E-state index in [1.807, 2.05) is 9.80 Å². The van der Waals surface area contributed by atoms with Crippen molar-refractivity contribution >= 4 is 27.6 Å². The molecular formula is C33H31F5N6O3S. The molecule has 2 fully saturated rings. The molecule has 1 atom stereocenters. The first-order valence-corrected chi connectivity index (χ1v) is 16.7. The number of hydrogen-bond acceptors (Lipinski definition) is 7. The highest BCUT2D eigenvalue weighted by Gasteiger charge is 2.39. The number of halogens is 5. The van der Waals surface area contributed by atoms with Crippen LogP contribution in [0.1, 0.15) is 24.1 Å². The lowest BCUT2D eigenvalue weighted by atomic mass is 10.1. The van der Waals surface area contributed by atoms with Gasteiger partial charge in [0.05, 0.1) is 34.1 Å². The minimum atomic E-state index is -4.51. The molecule has 0 saturated carbocycles. The number of piperazine rings is 1. The lowest BCUT2D eigenvalue weighted by Gasteiger charge is -2.36. The SMILES string of the molecule is O=C(NCc1cc(-c2ccc(C(F)(F)F)cc2)nc(N2CCN(c3ccccc3F)CC2)n1)C1CCCN1S(=O)(=O)c1ccc(F)cc1. The van der Waals surface area contributed by atoms with Crippen LogP contribution in [0.2, 0.25) is 0 Å². The van der Waals surface area contributed by atoms with Gasteiger partial charge in [-0.1, -0.05) is 24.3 Å². The molecule has 4 aromatic rings. The van der Waals surface area contributed by atoms with Crippen molar-refractivity contribution in [1.29, 1.82) is 0 Å². The molecular weight excluding hydrogens is 655 g/mol. The number of nitrogens with zero attached hydrogens (tertiary/aromatic N) is 5. The van der Waals surface area contributed by atoms with Gasteiger partial charge in [0.2, 0.25) is 21.9 Å². The summed E-state index contributed by atoms with van der Waals surface area (Å²) in [7, 11) is -4.07. The van der Waals surface area contributed by atoms with Crippen LogP contribution in [0.15, 0.2) is 83.8 Å². The van der Waals surface area contributed by atoms with Gasteiger partial charge < -0.3 is 15.1 Å². The second kappa shape index (κ2) is 13.5. The van der Waals surface area contributed by atoms with Crippen molar-refractivity contribution < 1.29 is 35.2 Å². The Balaban J connectivity index is 1.22. The second-order valence-electron chi connectivity index (χ2n) is 11.5. The summed E-state index contributed by atoms with van der Waals surface area (Å²) in [5.74, 6) is -1.19. The van der Waals surface area contributed by atoms with E-state index in [-0.39, 0.29) is 36.2 Å². The summed E-state index contributed by atoms with van der Waals surface area (Å²) in [5, 5.41) is 2.76. The maximum atomic E-state index is 14.4. The Kier molecular flexibility index (Phi) is 9.34. The number of sulfonamides is 1. The lowest BCUT2D eigenvalue weighted by Crippen LogP contribution is -2.47. The standard InChI is InChI=1S/C33H31F5N6O3S/c34-24-11-13-26(14-12-24)48(46,47)44-15-3-6-30(44)31(45)39-21-25-20-28(22-7-9-23(10-8-22)33(36,37)38)41-32(40-25)43-18-16-42(17-19-43)29-5-2-1-4-27(29)35/h1-2,4-5,7-14,20,30H,3,6,15-19,21H2,(H,39,45). The van der Waals surface area contributed by atoms with E-state index in [0.717, 1.165) is 40.7 Å². The van der Waals surface area contributed by atoms with Gasteiger partial charge in [0.15, 0.2) is 0 Å². The topological polar surface area (TPSA) is 98.7 Å². The first kappa shape index (κ1) is 33.3. The number of para-hydroxylation sites is 1. The third kappa shape index (κ3) is 7.11. The van der Waals surface area contributed by atoms with E-state index in [4.69, 9.17) is 0 Å². The summed E-state index contributed by atoms with van der Waals surface area (Å²) in [6.07, 6.45) is -3.78. The van der Waals surface area contributed by atoms with Gasteiger partial charge in [0, 0.05) is 38.3 Å². The van der Waals surface area contributed by atoms with Gasteiger partial charge in [0.1, 0.15) is 17.7 Å². The van der Waals surface area contributed by atoms with Gasteiger partial charge in [0.25, 0.3) is 0 Å². The van der Waals surface area contributed by atoms with Crippen LogP contribution in [0.3, 0.4) is 0 Å². The molecule has 1 amide bonds. The molecule has 3 aromatic carbocycles. The van der Waals surface area contributed by atoms with Crippen LogP contribution in [0.5, 0.6) is 0 Å². The zero-order valence-corrected chi connectivity index (χ0v) is 26.3. The Hall–Kier alpha value is -4.63. The fourth-order valence-corrected chi connectivity index (χ4v) is 7.53. The molecule has 48 heavy (non-hydrogen) atoms. The molecule has 6 rings (SSSR count). The number of benzene rings is 3. The molecule has 1 aromatic heterocycles. The Labute approximate surface area is 274 Å². The van der Waals surface area contributed by atoms with Crippen molar-refractivity contribution in [2.45, 2.75) is 36.5 Å². The summed E-state index contributed by atoms with van der Waals surface area (Å²) in [4.78, 5) is 26.3. The average Bonchev–Trinajstić information content (AvgIpc) is 3.59. The molecule has 1 N–H and O–H groups in total. The molecule has 1 unspecified atom stereocenters. The molecule has 3 heterocycles. The first-order chi connectivity index (χ1) is 22.9. The number of hydrogen-bond donors (Lipinski definition) is 1. The van der Waals surface area contributed by atoms with Gasteiger partial charge in [-0.3, -0.25) is 4.79 Å². The molecule has 2 saturated heterocycles. The molecule has 2 aliphatic heterocycles. The maximum Gasteiger partial charge on any atom is 0.416 e. The first-order valence-electron chi connectivity index (χ1n) is 15.3. The highest BCUT2D eigenvalue weighted by Crippen LogP contribution is 2.32. The number of aromatic nitrogens is 2. The maximum absolute atomic E-state index is 14.4. The van der Waals surface area contributed by atoms with Gasteiger partial charge in [-0.15, -0.1) is 0 Å². The predicted octanol–water partition coefficient (Wildman–Crippen LogP) is 5.24. The highest BCUT2D eigenvalue weighted by molar-refractivity contribution is 7.89. The van der Waals surface area contributed by atoms with Crippen LogP contribution in [-0.4, -0.2) is 67.4 Å².